The summed E-state index contributed by atoms with van der Waals surface area (Å²) in [6, 6.07) is 7.64. The van der Waals surface area contributed by atoms with Crippen molar-refractivity contribution < 1.29 is 14.6 Å². The fraction of sp³-hybridized carbons (Fsp3) is 0.500. The Kier molecular flexibility index (Phi) is 3.87. The second-order valence-corrected chi connectivity index (χ2v) is 4.85. The predicted molar refractivity (Wildman–Crippen MR) is 68.9 cm³/mol. The Morgan fingerprint density at radius 3 is 2.89 bits per heavy atom. The monoisotopic (exact) mass is 249 g/mol. The van der Waals surface area contributed by atoms with Gasteiger partial charge in [-0.2, -0.15) is 0 Å². The maximum Gasteiger partial charge on any atom is 0.311 e. The van der Waals surface area contributed by atoms with Gasteiger partial charge in [-0.25, -0.2) is 0 Å². The number of carbonyl (C=O) groups is 1. The lowest BCUT2D eigenvalue weighted by molar-refractivity contribution is -0.150. The predicted octanol–water partition coefficient (Wildman–Crippen LogP) is 1.69. The third kappa shape index (κ3) is 2.48. The van der Waals surface area contributed by atoms with E-state index in [4.69, 9.17) is 4.74 Å². The molecule has 1 aromatic carbocycles. The molecule has 0 amide bonds. The number of aliphatic carboxylic acids is 1. The van der Waals surface area contributed by atoms with E-state index in [2.05, 4.69) is 5.32 Å². The van der Waals surface area contributed by atoms with Gasteiger partial charge in [-0.1, -0.05) is 18.2 Å². The van der Waals surface area contributed by atoms with Crippen LogP contribution in [0.4, 0.5) is 0 Å². The Balaban J connectivity index is 2.26. The Labute approximate surface area is 107 Å². The maximum atomic E-state index is 11.6. The highest BCUT2D eigenvalue weighted by Gasteiger charge is 2.40. The summed E-state index contributed by atoms with van der Waals surface area (Å²) in [5.41, 5.74) is 0.262. The van der Waals surface area contributed by atoms with Crippen molar-refractivity contribution in [1.29, 1.82) is 0 Å². The van der Waals surface area contributed by atoms with Crippen LogP contribution in [0.15, 0.2) is 24.3 Å². The molecular formula is C14H19NO3. The SMILES string of the molecule is COc1ccccc1CC1(C(=O)O)CCCNC1. The molecule has 1 aliphatic rings. The highest BCUT2D eigenvalue weighted by molar-refractivity contribution is 5.75. The summed E-state index contributed by atoms with van der Waals surface area (Å²) in [6.07, 6.45) is 2.13. The number of ether oxygens (including phenoxy) is 1. The molecule has 98 valence electrons. The third-order valence-electron chi connectivity index (χ3n) is 3.65. The topological polar surface area (TPSA) is 58.6 Å². The summed E-state index contributed by atoms with van der Waals surface area (Å²) in [4.78, 5) is 11.6. The van der Waals surface area contributed by atoms with Crippen molar-refractivity contribution in [2.75, 3.05) is 20.2 Å². The van der Waals surface area contributed by atoms with Crippen LogP contribution in [-0.4, -0.2) is 31.3 Å². The number of hydrogen-bond acceptors (Lipinski definition) is 3. The van der Waals surface area contributed by atoms with Gasteiger partial charge in [-0.15, -0.1) is 0 Å². The number of nitrogens with one attached hydrogen (secondary N) is 1. The second-order valence-electron chi connectivity index (χ2n) is 4.85. The van der Waals surface area contributed by atoms with Crippen molar-refractivity contribution in [2.24, 2.45) is 5.41 Å². The first-order valence-electron chi connectivity index (χ1n) is 6.24. The standard InChI is InChI=1S/C14H19NO3/c1-18-12-6-3-2-5-11(12)9-14(13(16)17)7-4-8-15-10-14/h2-3,5-6,15H,4,7-10H2,1H3,(H,16,17). The van der Waals surface area contributed by atoms with E-state index in [0.29, 0.717) is 19.4 Å². The zero-order valence-electron chi connectivity index (χ0n) is 10.6. The Morgan fingerprint density at radius 1 is 1.50 bits per heavy atom. The van der Waals surface area contributed by atoms with Gasteiger partial charge in [0.15, 0.2) is 0 Å². The first kappa shape index (κ1) is 12.9. The number of rotatable bonds is 4. The largest absolute Gasteiger partial charge is 0.496 e. The van der Waals surface area contributed by atoms with Gasteiger partial charge in [-0.05, 0) is 37.4 Å². The van der Waals surface area contributed by atoms with Crippen LogP contribution in [0.5, 0.6) is 5.75 Å². The summed E-state index contributed by atoms with van der Waals surface area (Å²) in [6.45, 7) is 1.43. The molecule has 2 N–H and O–H groups in total. The van der Waals surface area contributed by atoms with E-state index in [1.165, 1.54) is 0 Å². The minimum Gasteiger partial charge on any atom is -0.496 e. The zero-order chi connectivity index (χ0) is 13.0. The molecule has 0 saturated carbocycles. The van der Waals surface area contributed by atoms with Crippen molar-refractivity contribution >= 4 is 5.97 Å². The van der Waals surface area contributed by atoms with Crippen molar-refractivity contribution in [3.05, 3.63) is 29.8 Å². The summed E-state index contributed by atoms with van der Waals surface area (Å²) in [5, 5.41) is 12.7. The van der Waals surface area contributed by atoms with Crippen LogP contribution in [0.2, 0.25) is 0 Å². The van der Waals surface area contributed by atoms with Gasteiger partial charge in [0.05, 0.1) is 12.5 Å². The molecule has 1 aromatic rings. The molecule has 4 heteroatoms. The van der Waals surface area contributed by atoms with E-state index >= 15 is 0 Å². The number of para-hydroxylation sites is 1. The van der Waals surface area contributed by atoms with Crippen molar-refractivity contribution in [2.45, 2.75) is 19.3 Å². The normalized spacial score (nSPS) is 23.6. The average Bonchev–Trinajstić information content (AvgIpc) is 2.40. The number of methoxy groups -OCH3 is 1. The molecule has 0 spiro atoms. The molecule has 1 heterocycles. The molecule has 2 rings (SSSR count). The molecule has 0 aliphatic carbocycles. The summed E-state index contributed by atoms with van der Waals surface area (Å²) in [7, 11) is 1.62. The van der Waals surface area contributed by atoms with Crippen molar-refractivity contribution in [3.8, 4) is 5.75 Å². The molecule has 0 bridgehead atoms. The van der Waals surface area contributed by atoms with Crippen LogP contribution >= 0.6 is 0 Å². The zero-order valence-corrected chi connectivity index (χ0v) is 10.6. The van der Waals surface area contributed by atoms with Crippen molar-refractivity contribution in [3.63, 3.8) is 0 Å². The van der Waals surface area contributed by atoms with Gasteiger partial charge in [-0.3, -0.25) is 4.79 Å². The summed E-state index contributed by atoms with van der Waals surface area (Å²) in [5.74, 6) is 0.0457. The molecule has 1 fully saturated rings. The lowest BCUT2D eigenvalue weighted by atomic mass is 9.75. The molecule has 1 saturated heterocycles. The lowest BCUT2D eigenvalue weighted by Gasteiger charge is -2.34. The minimum absolute atomic E-state index is 0.513. The fourth-order valence-corrected chi connectivity index (χ4v) is 2.59. The second kappa shape index (κ2) is 5.40. The molecule has 0 radical (unpaired) electrons. The minimum atomic E-state index is -0.722. The van der Waals surface area contributed by atoms with Gasteiger partial charge < -0.3 is 15.2 Å². The molecule has 0 aromatic heterocycles. The van der Waals surface area contributed by atoms with Crippen LogP contribution in [0, 0.1) is 5.41 Å². The van der Waals surface area contributed by atoms with E-state index in [-0.39, 0.29) is 0 Å². The smallest absolute Gasteiger partial charge is 0.311 e. The number of benzene rings is 1. The van der Waals surface area contributed by atoms with Crippen LogP contribution in [0.25, 0.3) is 0 Å². The van der Waals surface area contributed by atoms with Gasteiger partial charge in [0, 0.05) is 6.54 Å². The number of piperidine rings is 1. The quantitative estimate of drug-likeness (QED) is 0.852. The fourth-order valence-electron chi connectivity index (χ4n) is 2.59. The van der Waals surface area contributed by atoms with Gasteiger partial charge >= 0.3 is 5.97 Å². The van der Waals surface area contributed by atoms with E-state index < -0.39 is 11.4 Å². The Hall–Kier alpha value is -1.55. The third-order valence-corrected chi connectivity index (χ3v) is 3.65. The van der Waals surface area contributed by atoms with Crippen LogP contribution in [-0.2, 0) is 11.2 Å². The number of carboxylic acid groups (broad SMARTS) is 1. The highest BCUT2D eigenvalue weighted by atomic mass is 16.5. The Bertz CT molecular complexity index is 425. The first-order valence-corrected chi connectivity index (χ1v) is 6.24. The van der Waals surface area contributed by atoms with Gasteiger partial charge in [0.2, 0.25) is 0 Å². The van der Waals surface area contributed by atoms with Crippen LogP contribution in [0.3, 0.4) is 0 Å². The first-order chi connectivity index (χ1) is 8.68. The van der Waals surface area contributed by atoms with Crippen LogP contribution in [0.1, 0.15) is 18.4 Å². The highest BCUT2D eigenvalue weighted by Crippen LogP contribution is 2.33. The molecule has 18 heavy (non-hydrogen) atoms. The average molecular weight is 249 g/mol. The van der Waals surface area contributed by atoms with E-state index in [0.717, 1.165) is 24.3 Å². The van der Waals surface area contributed by atoms with Gasteiger partial charge in [0.1, 0.15) is 5.75 Å². The summed E-state index contributed by atoms with van der Waals surface area (Å²) >= 11 is 0. The van der Waals surface area contributed by atoms with Gasteiger partial charge in [0.25, 0.3) is 0 Å². The number of carboxylic acids is 1. The van der Waals surface area contributed by atoms with Crippen molar-refractivity contribution in [1.82, 2.24) is 5.32 Å². The molecular weight excluding hydrogens is 230 g/mol. The molecule has 1 aliphatic heterocycles. The van der Waals surface area contributed by atoms with E-state index in [1.807, 2.05) is 24.3 Å². The molecule has 4 nitrogen and oxygen atoms in total. The van der Waals surface area contributed by atoms with Crippen LogP contribution < -0.4 is 10.1 Å². The number of hydrogen-bond donors (Lipinski definition) is 2. The maximum absolute atomic E-state index is 11.6. The lowest BCUT2D eigenvalue weighted by Crippen LogP contribution is -2.47. The molecule has 1 unspecified atom stereocenters. The van der Waals surface area contributed by atoms with E-state index in [9.17, 15) is 9.90 Å². The summed E-state index contributed by atoms with van der Waals surface area (Å²) < 4.78 is 5.30. The van der Waals surface area contributed by atoms with E-state index in [1.54, 1.807) is 7.11 Å². The Morgan fingerprint density at radius 2 is 2.28 bits per heavy atom. The molecule has 1 atom stereocenters.